The van der Waals surface area contributed by atoms with Crippen molar-refractivity contribution in [3.05, 3.63) is 106 Å². The number of halogens is 2. The summed E-state index contributed by atoms with van der Waals surface area (Å²) in [6.07, 6.45) is 1.53. The highest BCUT2D eigenvalue weighted by Gasteiger charge is 2.45. The molecule has 5 amide bonds. The zero-order chi connectivity index (χ0) is 57.5. The zero-order valence-electron chi connectivity index (χ0n) is 46.3. The maximum Gasteiger partial charge on any atom is 0.318 e. The molecule has 2 aromatic heterocycles. The van der Waals surface area contributed by atoms with E-state index in [1.807, 2.05) is 87.2 Å². The molecular weight excluding hydrogens is 1080 g/mol. The Morgan fingerprint density at radius 3 is 2.46 bits per heavy atom. The molecule has 0 saturated carbocycles. The molecule has 3 fully saturated rings. The van der Waals surface area contributed by atoms with Crippen molar-refractivity contribution in [1.29, 1.82) is 5.26 Å². The van der Waals surface area contributed by atoms with Crippen LogP contribution in [-0.4, -0.2) is 154 Å². The van der Waals surface area contributed by atoms with Gasteiger partial charge in [0.15, 0.2) is 5.83 Å². The van der Waals surface area contributed by atoms with Crippen LogP contribution in [0.4, 0.5) is 15.9 Å². The number of amides is 5. The minimum absolute atomic E-state index is 0.00365. The summed E-state index contributed by atoms with van der Waals surface area (Å²) in [5.74, 6) is -2.81. The molecule has 0 bridgehead atoms. The molecule has 6 heterocycles. The number of aryl methyl sites for hydroxylation is 1. The second-order valence-electron chi connectivity index (χ2n) is 22.3. The lowest BCUT2D eigenvalue weighted by molar-refractivity contribution is -0.144. The van der Waals surface area contributed by atoms with Crippen molar-refractivity contribution < 1.29 is 38.2 Å². The number of nitrogens with one attached hydrogen (secondary N) is 3. The number of carbonyl (C=O) groups is 5. The SMILES string of the molecule is C=C(F)C(=O)N1CCN(c2nc(OC[C@@H]3CCCN3CCC(=O)NCCC(=O)N[C@H](C(=O)N3C[C@H](O)C[C@H]3C(=O)NCc3ccc(-c4scnc4C)cc3)C(C)(C)C)nc3c2CCN(c2cccc4cccc(Cl)c24)C3)C[C@@H]1CC#N. The van der Waals surface area contributed by atoms with Crippen LogP contribution in [0.15, 0.2) is 78.6 Å². The molecule has 19 nitrogen and oxygen atoms in total. The minimum atomic E-state index is -1.07. The van der Waals surface area contributed by atoms with Crippen LogP contribution in [0.2, 0.25) is 5.02 Å². The number of nitriles is 1. The first-order valence-electron chi connectivity index (χ1n) is 27.6. The highest BCUT2D eigenvalue weighted by Crippen LogP contribution is 2.38. The number of anilines is 2. The predicted molar refractivity (Wildman–Crippen MR) is 308 cm³/mol. The van der Waals surface area contributed by atoms with Crippen molar-refractivity contribution >= 4 is 74.8 Å². The Morgan fingerprint density at radius 2 is 1.73 bits per heavy atom. The van der Waals surface area contributed by atoms with Gasteiger partial charge in [-0.25, -0.2) is 9.37 Å². The second-order valence-corrected chi connectivity index (χ2v) is 23.6. The number of β-amino-alcohol motifs (C(OH)–C–C–N with tert-alkyl or cyclic N) is 1. The van der Waals surface area contributed by atoms with Crippen LogP contribution in [0.25, 0.3) is 21.2 Å². The van der Waals surface area contributed by atoms with Crippen molar-refractivity contribution in [1.82, 2.24) is 45.6 Å². The van der Waals surface area contributed by atoms with E-state index in [4.69, 9.17) is 26.3 Å². The molecule has 428 valence electrons. The molecule has 22 heteroatoms. The van der Waals surface area contributed by atoms with E-state index in [-0.39, 0.29) is 83.0 Å². The van der Waals surface area contributed by atoms with Crippen LogP contribution in [0.5, 0.6) is 6.01 Å². The van der Waals surface area contributed by atoms with Gasteiger partial charge in [-0.2, -0.15) is 15.2 Å². The van der Waals surface area contributed by atoms with Gasteiger partial charge in [0.05, 0.1) is 58.0 Å². The number of hydrogen-bond acceptors (Lipinski definition) is 15. The number of piperazine rings is 1. The Kier molecular flexibility index (Phi) is 18.5. The Morgan fingerprint density at radius 1 is 0.951 bits per heavy atom. The van der Waals surface area contributed by atoms with Crippen molar-refractivity contribution in [2.45, 2.75) is 116 Å². The maximum atomic E-state index is 14.2. The van der Waals surface area contributed by atoms with E-state index in [1.165, 1.54) is 9.80 Å². The molecular formula is C59H70ClFN12O7S. The maximum absolute atomic E-state index is 14.2. The molecule has 0 radical (unpaired) electrons. The molecule has 0 aliphatic carbocycles. The quantitative estimate of drug-likeness (QED) is 0.0672. The van der Waals surface area contributed by atoms with Crippen LogP contribution in [-0.2, 0) is 43.5 Å². The molecule has 4 aliphatic rings. The van der Waals surface area contributed by atoms with Crippen molar-refractivity contribution in [2.75, 3.05) is 68.8 Å². The zero-order valence-corrected chi connectivity index (χ0v) is 47.8. The predicted octanol–water partition coefficient (Wildman–Crippen LogP) is 6.24. The number of thiazole rings is 1. The third-order valence-electron chi connectivity index (χ3n) is 15.7. The molecule has 5 atom stereocenters. The van der Waals surface area contributed by atoms with E-state index < -0.39 is 59.1 Å². The topological polar surface area (TPSA) is 230 Å². The largest absolute Gasteiger partial charge is 0.462 e. The number of ether oxygens (including phenoxy) is 1. The van der Waals surface area contributed by atoms with Crippen molar-refractivity contribution in [2.24, 2.45) is 5.41 Å². The molecule has 3 saturated heterocycles. The Hall–Kier alpha value is -7.25. The number of carbonyl (C=O) groups excluding carboxylic acids is 5. The van der Waals surface area contributed by atoms with Crippen molar-refractivity contribution in [3.63, 3.8) is 0 Å². The number of likely N-dealkylation sites (tertiary alicyclic amines) is 2. The number of aliphatic hydroxyl groups is 1. The standard InChI is InChI=1S/C59H70ClFN12O7S/c1-36(61)56(78)72-28-27-71(31-41(72)18-22-62)54-44-20-25-70(47-13-7-10-39-9-6-12-45(60)51(39)47)33-46(44)66-58(68-54)80-34-42-11-8-24-69(42)26-21-49(75)63-23-19-50(76)67-53(59(3,4)5)57(79)73-32-43(74)29-48(73)55(77)64-30-38-14-16-40(17-15-38)52-37(2)65-35-81-52/h6-7,9-10,12-17,35,41-43,48,53,74H,1,8,11,18-21,23-34H2,2-5H3,(H,63,75)(H,64,77)(H,67,76)/t41-,42-,43+,48-,53+/m0/s1. The Balaban J connectivity index is 0.784. The lowest BCUT2D eigenvalue weighted by Crippen LogP contribution is -2.57. The van der Waals surface area contributed by atoms with Gasteiger partial charge >= 0.3 is 6.01 Å². The molecule has 4 aliphatic heterocycles. The average Bonchev–Trinajstić information content (AvgIpc) is 4.30. The van der Waals surface area contributed by atoms with Crippen LogP contribution in [0.3, 0.4) is 0 Å². The van der Waals surface area contributed by atoms with Crippen LogP contribution in [0, 0.1) is 23.7 Å². The normalized spacial score (nSPS) is 19.7. The molecule has 0 spiro atoms. The lowest BCUT2D eigenvalue weighted by Gasteiger charge is -2.42. The van der Waals surface area contributed by atoms with Gasteiger partial charge in [0, 0.05) is 94.3 Å². The van der Waals surface area contributed by atoms with E-state index in [1.54, 1.807) is 16.8 Å². The summed E-state index contributed by atoms with van der Waals surface area (Å²) in [6, 6.07) is 19.5. The molecule has 9 rings (SSSR count). The number of fused-ring (bicyclic) bond motifs is 2. The van der Waals surface area contributed by atoms with Gasteiger partial charge in [-0.15, -0.1) is 11.3 Å². The van der Waals surface area contributed by atoms with Crippen LogP contribution >= 0.6 is 22.9 Å². The van der Waals surface area contributed by atoms with Gasteiger partial charge in [0.25, 0.3) is 5.91 Å². The number of aliphatic hydroxyl groups excluding tert-OH is 1. The summed E-state index contributed by atoms with van der Waals surface area (Å²) < 4.78 is 20.6. The van der Waals surface area contributed by atoms with E-state index >= 15 is 0 Å². The second kappa shape index (κ2) is 25.7. The molecule has 0 unspecified atom stereocenters. The van der Waals surface area contributed by atoms with Gasteiger partial charge in [0.2, 0.25) is 23.6 Å². The van der Waals surface area contributed by atoms with E-state index in [0.29, 0.717) is 43.4 Å². The van der Waals surface area contributed by atoms with Crippen LogP contribution < -0.4 is 30.5 Å². The van der Waals surface area contributed by atoms with Gasteiger partial charge in [-0.1, -0.05) is 87.5 Å². The Bertz CT molecular complexity index is 3200. The van der Waals surface area contributed by atoms with Gasteiger partial charge < -0.3 is 45.4 Å². The number of hydrogen-bond donors (Lipinski definition) is 4. The average molecular weight is 1150 g/mol. The highest BCUT2D eigenvalue weighted by molar-refractivity contribution is 7.13. The summed E-state index contributed by atoms with van der Waals surface area (Å²) in [6.45, 7) is 14.1. The number of rotatable bonds is 19. The highest BCUT2D eigenvalue weighted by atomic mass is 35.5. The first-order chi connectivity index (χ1) is 38.9. The number of nitrogens with zero attached hydrogens (tertiary/aromatic N) is 9. The monoisotopic (exact) mass is 1140 g/mol. The first kappa shape index (κ1) is 58.4. The third kappa shape index (κ3) is 13.7. The number of benzene rings is 3. The smallest absolute Gasteiger partial charge is 0.318 e. The van der Waals surface area contributed by atoms with E-state index in [9.17, 15) is 38.7 Å². The fourth-order valence-electron chi connectivity index (χ4n) is 11.4. The number of aromatic nitrogens is 3. The lowest BCUT2D eigenvalue weighted by atomic mass is 9.85. The summed E-state index contributed by atoms with van der Waals surface area (Å²) in [7, 11) is 0. The molecule has 81 heavy (non-hydrogen) atoms. The minimum Gasteiger partial charge on any atom is -0.462 e. The third-order valence-corrected chi connectivity index (χ3v) is 17.0. The first-order valence-corrected chi connectivity index (χ1v) is 28.9. The fourth-order valence-corrected chi connectivity index (χ4v) is 12.5. The van der Waals surface area contributed by atoms with Gasteiger partial charge in [-0.3, -0.25) is 28.9 Å². The summed E-state index contributed by atoms with van der Waals surface area (Å²) in [4.78, 5) is 91.9. The van der Waals surface area contributed by atoms with E-state index in [2.05, 4.69) is 49.4 Å². The summed E-state index contributed by atoms with van der Waals surface area (Å²) in [5.41, 5.74) is 6.57. The summed E-state index contributed by atoms with van der Waals surface area (Å²) in [5, 5.41) is 31.7. The Labute approximate surface area is 480 Å². The molecule has 5 aromatic rings. The molecule has 3 aromatic carbocycles. The van der Waals surface area contributed by atoms with Gasteiger partial charge in [-0.05, 0) is 66.8 Å². The fraction of sp³-hybridized carbons (Fsp3) is 0.475. The van der Waals surface area contributed by atoms with Crippen molar-refractivity contribution in [3.8, 4) is 22.5 Å². The van der Waals surface area contributed by atoms with Crippen LogP contribution in [0.1, 0.15) is 81.8 Å². The molecule has 4 N–H and O–H groups in total. The van der Waals surface area contributed by atoms with E-state index in [0.717, 1.165) is 68.8 Å². The van der Waals surface area contributed by atoms with Gasteiger partial charge in [0.1, 0.15) is 24.5 Å². The summed E-state index contributed by atoms with van der Waals surface area (Å²) >= 11 is 8.35.